The summed E-state index contributed by atoms with van der Waals surface area (Å²) in [5, 5.41) is 8.91. The van der Waals surface area contributed by atoms with Crippen molar-refractivity contribution >= 4 is 33.7 Å². The molecule has 0 spiro atoms. The van der Waals surface area contributed by atoms with E-state index in [4.69, 9.17) is 10.8 Å². The van der Waals surface area contributed by atoms with Crippen LogP contribution in [-0.2, 0) is 6.54 Å². The largest absolute Gasteiger partial charge is 0.478 e. The van der Waals surface area contributed by atoms with Gasteiger partial charge in [0, 0.05) is 20.8 Å². The number of hydrogen-bond acceptors (Lipinski definition) is 3. The van der Waals surface area contributed by atoms with E-state index in [1.54, 1.807) is 30.0 Å². The quantitative estimate of drug-likeness (QED) is 0.891. The van der Waals surface area contributed by atoms with Crippen molar-refractivity contribution in [1.29, 1.82) is 0 Å². The van der Waals surface area contributed by atoms with Crippen molar-refractivity contribution in [1.82, 2.24) is 0 Å². The molecule has 19 heavy (non-hydrogen) atoms. The summed E-state index contributed by atoms with van der Waals surface area (Å²) in [6.07, 6.45) is 0. The number of rotatable bonds is 4. The van der Waals surface area contributed by atoms with Crippen LogP contribution in [0.2, 0.25) is 0 Å². The third-order valence-corrected chi connectivity index (χ3v) is 4.57. The number of carbonyl (C=O) groups is 1. The van der Waals surface area contributed by atoms with Gasteiger partial charge >= 0.3 is 5.97 Å². The highest BCUT2D eigenvalue weighted by Crippen LogP contribution is 2.34. The summed E-state index contributed by atoms with van der Waals surface area (Å²) in [6, 6.07) is 13.0. The lowest BCUT2D eigenvalue weighted by atomic mass is 10.2. The predicted molar refractivity (Wildman–Crippen MR) is 79.6 cm³/mol. The third-order valence-electron chi connectivity index (χ3n) is 2.57. The van der Waals surface area contributed by atoms with E-state index in [-0.39, 0.29) is 5.56 Å². The Morgan fingerprint density at radius 1 is 1.21 bits per heavy atom. The molecule has 0 aliphatic rings. The van der Waals surface area contributed by atoms with Crippen molar-refractivity contribution in [3.05, 3.63) is 58.1 Å². The van der Waals surface area contributed by atoms with Gasteiger partial charge in [0.05, 0.1) is 5.56 Å². The van der Waals surface area contributed by atoms with E-state index in [1.165, 1.54) is 0 Å². The van der Waals surface area contributed by atoms with Gasteiger partial charge in [-0.05, 0) is 51.8 Å². The summed E-state index contributed by atoms with van der Waals surface area (Å²) >= 11 is 4.97. The van der Waals surface area contributed by atoms with Crippen LogP contribution in [0.1, 0.15) is 15.9 Å². The summed E-state index contributed by atoms with van der Waals surface area (Å²) in [5.41, 5.74) is 6.91. The standard InChI is InChI=1S/C14H12BrNO2S/c15-12-7-10(14(17)18)3-6-13(12)19-11-4-1-9(8-16)2-5-11/h1-7H,8,16H2,(H,17,18). The lowest BCUT2D eigenvalue weighted by molar-refractivity contribution is 0.0696. The SMILES string of the molecule is NCc1ccc(Sc2ccc(C(=O)O)cc2Br)cc1. The Morgan fingerprint density at radius 3 is 2.42 bits per heavy atom. The molecule has 2 aromatic carbocycles. The minimum atomic E-state index is -0.926. The molecule has 0 aliphatic carbocycles. The second-order valence-corrected chi connectivity index (χ2v) is 5.87. The Kier molecular flexibility index (Phi) is 4.63. The number of carboxylic acid groups (broad SMARTS) is 1. The van der Waals surface area contributed by atoms with Crippen LogP contribution in [-0.4, -0.2) is 11.1 Å². The van der Waals surface area contributed by atoms with Gasteiger partial charge in [-0.3, -0.25) is 0 Å². The first kappa shape index (κ1) is 14.1. The molecule has 0 saturated heterocycles. The smallest absolute Gasteiger partial charge is 0.335 e. The van der Waals surface area contributed by atoms with Gasteiger partial charge in [-0.25, -0.2) is 4.79 Å². The molecule has 98 valence electrons. The molecule has 2 rings (SSSR count). The molecule has 5 heteroatoms. The van der Waals surface area contributed by atoms with Crippen molar-refractivity contribution in [3.63, 3.8) is 0 Å². The number of halogens is 1. The Balaban J connectivity index is 2.20. The minimum Gasteiger partial charge on any atom is -0.478 e. The third kappa shape index (κ3) is 3.59. The second-order valence-electron chi connectivity index (χ2n) is 3.90. The molecule has 0 amide bonds. The molecule has 3 N–H and O–H groups in total. The van der Waals surface area contributed by atoms with Crippen LogP contribution in [0.25, 0.3) is 0 Å². The molecule has 0 saturated carbocycles. The molecular weight excluding hydrogens is 326 g/mol. The molecule has 0 radical (unpaired) electrons. The second kappa shape index (κ2) is 6.23. The van der Waals surface area contributed by atoms with Gasteiger partial charge in [-0.15, -0.1) is 0 Å². The van der Waals surface area contributed by atoms with Crippen molar-refractivity contribution < 1.29 is 9.90 Å². The Morgan fingerprint density at radius 2 is 1.89 bits per heavy atom. The maximum atomic E-state index is 10.9. The van der Waals surface area contributed by atoms with Gasteiger partial charge in [0.15, 0.2) is 0 Å². The van der Waals surface area contributed by atoms with E-state index in [0.29, 0.717) is 6.54 Å². The van der Waals surface area contributed by atoms with E-state index < -0.39 is 5.97 Å². The van der Waals surface area contributed by atoms with Gasteiger partial charge in [0.2, 0.25) is 0 Å². The van der Waals surface area contributed by atoms with Gasteiger partial charge in [-0.1, -0.05) is 23.9 Å². The van der Waals surface area contributed by atoms with E-state index >= 15 is 0 Å². The minimum absolute atomic E-state index is 0.273. The highest BCUT2D eigenvalue weighted by Gasteiger charge is 2.07. The summed E-state index contributed by atoms with van der Waals surface area (Å²) < 4.78 is 0.778. The Hall–Kier alpha value is -1.30. The topological polar surface area (TPSA) is 63.3 Å². The summed E-state index contributed by atoms with van der Waals surface area (Å²) in [4.78, 5) is 12.9. The van der Waals surface area contributed by atoms with Gasteiger partial charge < -0.3 is 10.8 Å². The predicted octanol–water partition coefficient (Wildman–Crippen LogP) is 3.76. The van der Waals surface area contributed by atoms with Crippen molar-refractivity contribution in [3.8, 4) is 0 Å². The van der Waals surface area contributed by atoms with Gasteiger partial charge in [0.1, 0.15) is 0 Å². The maximum Gasteiger partial charge on any atom is 0.335 e. The van der Waals surface area contributed by atoms with Crippen LogP contribution in [0, 0.1) is 0 Å². The number of carboxylic acids is 1. The highest BCUT2D eigenvalue weighted by molar-refractivity contribution is 9.10. The molecule has 3 nitrogen and oxygen atoms in total. The number of benzene rings is 2. The van der Waals surface area contributed by atoms with Crippen molar-refractivity contribution in [2.75, 3.05) is 0 Å². The highest BCUT2D eigenvalue weighted by atomic mass is 79.9. The van der Waals surface area contributed by atoms with Crippen LogP contribution in [0.4, 0.5) is 0 Å². The molecule has 0 fully saturated rings. The van der Waals surface area contributed by atoms with Crippen molar-refractivity contribution in [2.24, 2.45) is 5.73 Å². The lowest BCUT2D eigenvalue weighted by Crippen LogP contribution is -1.96. The fourth-order valence-electron chi connectivity index (χ4n) is 1.54. The zero-order valence-electron chi connectivity index (χ0n) is 9.97. The molecule has 0 heterocycles. The first-order valence-corrected chi connectivity index (χ1v) is 7.21. The van der Waals surface area contributed by atoms with Crippen LogP contribution in [0.5, 0.6) is 0 Å². The molecule has 0 unspecified atom stereocenters. The molecule has 0 bridgehead atoms. The van der Waals surface area contributed by atoms with Gasteiger partial charge in [-0.2, -0.15) is 0 Å². The number of nitrogens with two attached hydrogens (primary N) is 1. The van der Waals surface area contributed by atoms with Gasteiger partial charge in [0.25, 0.3) is 0 Å². The van der Waals surface area contributed by atoms with E-state index in [0.717, 1.165) is 19.8 Å². The van der Waals surface area contributed by atoms with E-state index in [2.05, 4.69) is 15.9 Å². The molecule has 0 atom stereocenters. The van der Waals surface area contributed by atoms with E-state index in [9.17, 15) is 4.79 Å². The van der Waals surface area contributed by atoms with Crippen LogP contribution in [0.15, 0.2) is 56.7 Å². The number of aromatic carboxylic acids is 1. The fourth-order valence-corrected chi connectivity index (χ4v) is 2.98. The summed E-state index contributed by atoms with van der Waals surface area (Å²) in [6.45, 7) is 0.530. The molecular formula is C14H12BrNO2S. The monoisotopic (exact) mass is 337 g/mol. The zero-order chi connectivity index (χ0) is 13.8. The maximum absolute atomic E-state index is 10.9. The first-order valence-electron chi connectivity index (χ1n) is 5.60. The average Bonchev–Trinajstić information content (AvgIpc) is 2.41. The zero-order valence-corrected chi connectivity index (χ0v) is 12.4. The molecule has 0 aromatic heterocycles. The van der Waals surface area contributed by atoms with Crippen molar-refractivity contribution in [2.45, 2.75) is 16.3 Å². The Bertz CT molecular complexity index is 599. The molecule has 2 aromatic rings. The summed E-state index contributed by atoms with van der Waals surface area (Å²) in [5.74, 6) is -0.926. The average molecular weight is 338 g/mol. The van der Waals surface area contributed by atoms with E-state index in [1.807, 2.05) is 24.3 Å². The Labute approximate surface area is 124 Å². The first-order chi connectivity index (χ1) is 9.10. The lowest BCUT2D eigenvalue weighted by Gasteiger charge is -2.06. The molecule has 0 aliphatic heterocycles. The summed E-state index contributed by atoms with van der Waals surface area (Å²) in [7, 11) is 0. The normalized spacial score (nSPS) is 10.4. The fraction of sp³-hybridized carbons (Fsp3) is 0.0714. The van der Waals surface area contributed by atoms with Crippen LogP contribution in [0.3, 0.4) is 0 Å². The number of hydrogen-bond donors (Lipinski definition) is 2. The van der Waals surface area contributed by atoms with Crippen LogP contribution >= 0.6 is 27.7 Å². The van der Waals surface area contributed by atoms with Crippen LogP contribution < -0.4 is 5.73 Å².